The van der Waals surface area contributed by atoms with Crippen molar-refractivity contribution in [3.05, 3.63) is 30.3 Å². The third-order valence-corrected chi connectivity index (χ3v) is 1.56. The molecule has 72 valence electrons. The molecular formula is C7H8O5S. The molecule has 0 aliphatic carbocycles. The molecule has 1 aromatic rings. The first-order valence-electron chi connectivity index (χ1n) is 3.37. The van der Waals surface area contributed by atoms with Crippen molar-refractivity contribution in [3.63, 3.8) is 0 Å². The third kappa shape index (κ3) is 4.46. The van der Waals surface area contributed by atoms with E-state index in [-0.39, 0.29) is 0 Å². The van der Waals surface area contributed by atoms with Crippen LogP contribution >= 0.6 is 0 Å². The molecule has 0 heterocycles. The molecule has 1 N–H and O–H groups in total. The Morgan fingerprint density at radius 1 is 1.23 bits per heavy atom. The molecule has 0 saturated carbocycles. The highest BCUT2D eigenvalue weighted by Gasteiger charge is 2.03. The number of benzene rings is 1. The number of hydrogen-bond acceptors (Lipinski definition) is 4. The highest BCUT2D eigenvalue weighted by molar-refractivity contribution is 7.80. The quantitative estimate of drug-likeness (QED) is 0.581. The zero-order valence-corrected chi connectivity index (χ0v) is 7.40. The maximum Gasteiger partial charge on any atom is 0.400 e. The number of rotatable bonds is 4. The van der Waals surface area contributed by atoms with Gasteiger partial charge in [-0.1, -0.05) is 18.2 Å². The monoisotopic (exact) mass is 204 g/mol. The van der Waals surface area contributed by atoms with E-state index in [1.54, 1.807) is 30.3 Å². The first-order chi connectivity index (χ1) is 6.08. The number of ether oxygens (including phenoxy) is 1. The van der Waals surface area contributed by atoms with E-state index in [1.807, 2.05) is 0 Å². The Morgan fingerprint density at radius 3 is 2.38 bits per heavy atom. The smallest absolute Gasteiger partial charge is 0.400 e. The van der Waals surface area contributed by atoms with Gasteiger partial charge in [-0.05, 0) is 12.1 Å². The van der Waals surface area contributed by atoms with Crippen LogP contribution in [0.15, 0.2) is 30.3 Å². The average molecular weight is 204 g/mol. The van der Waals surface area contributed by atoms with Gasteiger partial charge in [-0.25, -0.2) is 4.18 Å². The van der Waals surface area contributed by atoms with Crippen LogP contribution in [0, 0.1) is 0 Å². The topological polar surface area (TPSA) is 72.8 Å². The Balaban J connectivity index is 2.37. The maximum atomic E-state index is 10.1. The SMILES string of the molecule is O=S(=O)(O)OCOc1ccccc1. The Morgan fingerprint density at radius 2 is 1.85 bits per heavy atom. The molecule has 0 unspecified atom stereocenters. The van der Waals surface area contributed by atoms with Crippen molar-refractivity contribution in [1.82, 2.24) is 0 Å². The molecule has 0 radical (unpaired) electrons. The number of hydrogen-bond donors (Lipinski definition) is 1. The third-order valence-electron chi connectivity index (χ3n) is 1.17. The van der Waals surface area contributed by atoms with Crippen LogP contribution in [0.3, 0.4) is 0 Å². The second-order valence-corrected chi connectivity index (χ2v) is 3.21. The summed E-state index contributed by atoms with van der Waals surface area (Å²) in [6.07, 6.45) is 0. The van der Waals surface area contributed by atoms with Gasteiger partial charge >= 0.3 is 10.4 Å². The molecule has 1 rings (SSSR count). The van der Waals surface area contributed by atoms with Gasteiger partial charge in [-0.2, -0.15) is 8.42 Å². The van der Waals surface area contributed by atoms with Gasteiger partial charge in [0.05, 0.1) is 0 Å². The number of para-hydroxylation sites is 1. The molecule has 0 spiro atoms. The fourth-order valence-electron chi connectivity index (χ4n) is 0.670. The van der Waals surface area contributed by atoms with Gasteiger partial charge in [-0.3, -0.25) is 4.55 Å². The molecule has 0 saturated heterocycles. The van der Waals surface area contributed by atoms with Crippen LogP contribution in [-0.2, 0) is 14.6 Å². The van der Waals surface area contributed by atoms with Crippen molar-refractivity contribution in [2.24, 2.45) is 0 Å². The van der Waals surface area contributed by atoms with E-state index < -0.39 is 17.2 Å². The summed E-state index contributed by atoms with van der Waals surface area (Å²) in [6.45, 7) is -0.539. The molecule has 0 aliphatic rings. The van der Waals surface area contributed by atoms with E-state index in [0.717, 1.165) is 0 Å². The summed E-state index contributed by atoms with van der Waals surface area (Å²) in [6, 6.07) is 8.50. The average Bonchev–Trinajstić information content (AvgIpc) is 2.04. The van der Waals surface area contributed by atoms with E-state index in [4.69, 9.17) is 9.29 Å². The van der Waals surface area contributed by atoms with Gasteiger partial charge in [-0.15, -0.1) is 0 Å². The van der Waals surface area contributed by atoms with Crippen molar-refractivity contribution in [2.75, 3.05) is 6.79 Å². The lowest BCUT2D eigenvalue weighted by Crippen LogP contribution is -2.09. The van der Waals surface area contributed by atoms with E-state index >= 15 is 0 Å². The van der Waals surface area contributed by atoms with Crippen LogP contribution in [-0.4, -0.2) is 19.8 Å². The Labute approximate surface area is 75.9 Å². The molecule has 0 aliphatic heterocycles. The molecular weight excluding hydrogens is 196 g/mol. The first kappa shape index (κ1) is 9.97. The largest absolute Gasteiger partial charge is 0.466 e. The van der Waals surface area contributed by atoms with Crippen LogP contribution in [0.1, 0.15) is 0 Å². The first-order valence-corrected chi connectivity index (χ1v) is 4.74. The van der Waals surface area contributed by atoms with Crippen LogP contribution in [0.25, 0.3) is 0 Å². The minimum atomic E-state index is -4.42. The standard InChI is InChI=1S/C7H8O5S/c8-13(9,10)12-6-11-7-4-2-1-3-5-7/h1-5H,6H2,(H,8,9,10). The highest BCUT2D eigenvalue weighted by atomic mass is 32.3. The zero-order chi connectivity index (χ0) is 9.73. The highest BCUT2D eigenvalue weighted by Crippen LogP contribution is 2.08. The van der Waals surface area contributed by atoms with Crippen LogP contribution in [0.5, 0.6) is 5.75 Å². The lowest BCUT2D eigenvalue weighted by molar-refractivity contribution is 0.112. The van der Waals surface area contributed by atoms with Gasteiger partial charge in [0.25, 0.3) is 0 Å². The van der Waals surface area contributed by atoms with Crippen molar-refractivity contribution in [2.45, 2.75) is 0 Å². The summed E-state index contributed by atoms with van der Waals surface area (Å²) in [5.41, 5.74) is 0. The Hall–Kier alpha value is -1.11. The maximum absolute atomic E-state index is 10.1. The van der Waals surface area contributed by atoms with Crippen molar-refractivity contribution >= 4 is 10.4 Å². The molecule has 0 fully saturated rings. The fraction of sp³-hybridized carbons (Fsp3) is 0.143. The Kier molecular flexibility index (Phi) is 3.24. The minimum absolute atomic E-state index is 0.464. The Bertz CT molecular complexity index is 344. The van der Waals surface area contributed by atoms with Crippen molar-refractivity contribution in [1.29, 1.82) is 0 Å². The normalized spacial score (nSPS) is 11.2. The fourth-order valence-corrected chi connectivity index (χ4v) is 0.839. The van der Waals surface area contributed by atoms with Gasteiger partial charge in [0.15, 0.2) is 0 Å². The van der Waals surface area contributed by atoms with Crippen LogP contribution < -0.4 is 4.74 Å². The van der Waals surface area contributed by atoms with Gasteiger partial charge in [0, 0.05) is 0 Å². The van der Waals surface area contributed by atoms with E-state index in [9.17, 15) is 8.42 Å². The molecule has 0 aromatic heterocycles. The second-order valence-electron chi connectivity index (χ2n) is 2.12. The molecule has 0 atom stereocenters. The molecule has 6 heteroatoms. The summed E-state index contributed by atoms with van der Waals surface area (Å²) in [5, 5.41) is 0. The van der Waals surface area contributed by atoms with E-state index in [0.29, 0.717) is 5.75 Å². The zero-order valence-electron chi connectivity index (χ0n) is 6.58. The minimum Gasteiger partial charge on any atom is -0.466 e. The van der Waals surface area contributed by atoms with E-state index in [2.05, 4.69) is 4.18 Å². The lowest BCUT2D eigenvalue weighted by Gasteiger charge is -2.03. The summed E-state index contributed by atoms with van der Waals surface area (Å²) in [4.78, 5) is 0. The van der Waals surface area contributed by atoms with E-state index in [1.165, 1.54) is 0 Å². The predicted molar refractivity (Wildman–Crippen MR) is 44.6 cm³/mol. The summed E-state index contributed by atoms with van der Waals surface area (Å²) in [5.74, 6) is 0.464. The van der Waals surface area contributed by atoms with Crippen LogP contribution in [0.4, 0.5) is 0 Å². The molecule has 0 amide bonds. The van der Waals surface area contributed by atoms with Crippen LogP contribution in [0.2, 0.25) is 0 Å². The molecule has 0 bridgehead atoms. The molecule has 1 aromatic carbocycles. The summed E-state index contributed by atoms with van der Waals surface area (Å²) in [7, 11) is -4.42. The lowest BCUT2D eigenvalue weighted by atomic mass is 10.3. The van der Waals surface area contributed by atoms with Gasteiger partial charge < -0.3 is 4.74 Å². The van der Waals surface area contributed by atoms with Crippen molar-refractivity contribution < 1.29 is 21.9 Å². The molecule has 5 nitrogen and oxygen atoms in total. The second kappa shape index (κ2) is 4.22. The summed E-state index contributed by atoms with van der Waals surface area (Å²) >= 11 is 0. The van der Waals surface area contributed by atoms with Gasteiger partial charge in [0.2, 0.25) is 6.79 Å². The molecule has 13 heavy (non-hydrogen) atoms. The predicted octanol–water partition coefficient (Wildman–Crippen LogP) is 0.842. The summed E-state index contributed by atoms with van der Waals surface area (Å²) < 4.78 is 37.1. The van der Waals surface area contributed by atoms with Gasteiger partial charge in [0.1, 0.15) is 5.75 Å². The van der Waals surface area contributed by atoms with Crippen molar-refractivity contribution in [3.8, 4) is 5.75 Å².